The molecule has 1 aromatic carbocycles. The highest BCUT2D eigenvalue weighted by molar-refractivity contribution is 7.86. The van der Waals surface area contributed by atoms with E-state index in [1.54, 1.807) is 30.3 Å². The second kappa shape index (κ2) is 13.9. The van der Waals surface area contributed by atoms with Crippen LogP contribution in [0.15, 0.2) is 35.2 Å². The minimum absolute atomic E-state index is 0. The van der Waals surface area contributed by atoms with Gasteiger partial charge in [0.1, 0.15) is 0 Å². The Morgan fingerprint density at radius 2 is 1.26 bits per heavy atom. The Morgan fingerprint density at radius 1 is 0.783 bits per heavy atom. The summed E-state index contributed by atoms with van der Waals surface area (Å²) >= 11 is 0. The van der Waals surface area contributed by atoms with Crippen molar-refractivity contribution in [3.05, 3.63) is 30.3 Å². The normalized spacial score (nSPS) is 11.2. The highest BCUT2D eigenvalue weighted by atomic mass is 32.2. The standard InChI is InChI=1S/C18H30O3S.H2S/c1-2-3-4-5-6-7-8-9-10-14-17-21-22(19,20)18-15-12-11-13-16-18;/h11-13,15-16H,2-10,14,17H2,1H3;1H2. The van der Waals surface area contributed by atoms with Gasteiger partial charge in [-0.2, -0.15) is 21.9 Å². The highest BCUT2D eigenvalue weighted by Gasteiger charge is 2.13. The summed E-state index contributed by atoms with van der Waals surface area (Å²) in [6.07, 6.45) is 12.3. The van der Waals surface area contributed by atoms with Gasteiger partial charge in [0.2, 0.25) is 0 Å². The van der Waals surface area contributed by atoms with Gasteiger partial charge >= 0.3 is 0 Å². The fraction of sp³-hybridized carbons (Fsp3) is 0.667. The smallest absolute Gasteiger partial charge is 0.266 e. The zero-order chi connectivity index (χ0) is 16.1. The van der Waals surface area contributed by atoms with Gasteiger partial charge in [-0.25, -0.2) is 0 Å². The number of benzene rings is 1. The van der Waals surface area contributed by atoms with Crippen LogP contribution in [0.1, 0.15) is 71.1 Å². The largest absolute Gasteiger partial charge is 0.296 e. The lowest BCUT2D eigenvalue weighted by atomic mass is 10.1. The molecule has 0 heterocycles. The van der Waals surface area contributed by atoms with Gasteiger partial charge in [-0.3, -0.25) is 4.18 Å². The molecule has 0 aliphatic carbocycles. The van der Waals surface area contributed by atoms with Crippen LogP contribution in [0.4, 0.5) is 0 Å². The summed E-state index contributed by atoms with van der Waals surface area (Å²) in [5.74, 6) is 0. The number of hydrogen-bond donors (Lipinski definition) is 0. The van der Waals surface area contributed by atoms with Crippen molar-refractivity contribution in [2.24, 2.45) is 0 Å². The van der Waals surface area contributed by atoms with Crippen molar-refractivity contribution < 1.29 is 12.6 Å². The Labute approximate surface area is 149 Å². The monoisotopic (exact) mass is 360 g/mol. The minimum atomic E-state index is -3.57. The average molecular weight is 361 g/mol. The van der Waals surface area contributed by atoms with Gasteiger partial charge in [-0.05, 0) is 18.6 Å². The molecule has 0 spiro atoms. The Bertz CT molecular complexity index is 472. The van der Waals surface area contributed by atoms with E-state index in [2.05, 4.69) is 6.92 Å². The molecule has 0 bridgehead atoms. The Kier molecular flexibility index (Phi) is 13.6. The van der Waals surface area contributed by atoms with Gasteiger partial charge in [0.15, 0.2) is 0 Å². The molecule has 134 valence electrons. The summed E-state index contributed by atoms with van der Waals surface area (Å²) in [4.78, 5) is 0.238. The van der Waals surface area contributed by atoms with E-state index in [1.165, 1.54) is 51.4 Å². The van der Waals surface area contributed by atoms with Gasteiger partial charge in [0.05, 0.1) is 11.5 Å². The van der Waals surface area contributed by atoms with Crippen molar-refractivity contribution >= 4 is 23.6 Å². The predicted molar refractivity (Wildman–Crippen MR) is 102 cm³/mol. The van der Waals surface area contributed by atoms with Gasteiger partial charge in [-0.15, -0.1) is 0 Å². The number of rotatable bonds is 13. The average Bonchev–Trinajstić information content (AvgIpc) is 2.53. The third-order valence-corrected chi connectivity index (χ3v) is 5.09. The second-order valence-electron chi connectivity index (χ2n) is 5.77. The maximum Gasteiger partial charge on any atom is 0.296 e. The van der Waals surface area contributed by atoms with Crippen LogP contribution in [-0.4, -0.2) is 15.0 Å². The van der Waals surface area contributed by atoms with Gasteiger partial charge in [0.25, 0.3) is 10.1 Å². The predicted octanol–water partition coefficient (Wildman–Crippen LogP) is 5.43. The zero-order valence-electron chi connectivity index (χ0n) is 14.3. The highest BCUT2D eigenvalue weighted by Crippen LogP contribution is 2.13. The van der Waals surface area contributed by atoms with Crippen molar-refractivity contribution in [2.45, 2.75) is 76.0 Å². The maximum absolute atomic E-state index is 11.9. The second-order valence-corrected chi connectivity index (χ2v) is 7.39. The first-order valence-electron chi connectivity index (χ1n) is 8.61. The molecule has 0 aliphatic rings. The maximum atomic E-state index is 11.9. The molecule has 0 atom stereocenters. The lowest BCUT2D eigenvalue weighted by Gasteiger charge is -2.05. The first kappa shape index (κ1) is 22.5. The molecule has 5 heteroatoms. The SMILES string of the molecule is CCCCCCCCCCCCOS(=O)(=O)c1ccccc1.S. The molecule has 3 nitrogen and oxygen atoms in total. The van der Waals surface area contributed by atoms with E-state index in [9.17, 15) is 8.42 Å². The molecule has 1 aromatic rings. The fourth-order valence-electron chi connectivity index (χ4n) is 2.41. The molecule has 0 aliphatic heterocycles. The molecule has 0 amide bonds. The van der Waals surface area contributed by atoms with E-state index in [0.717, 1.165) is 12.8 Å². The molecule has 0 N–H and O–H groups in total. The first-order chi connectivity index (χ1) is 10.7. The van der Waals surface area contributed by atoms with Gasteiger partial charge in [-0.1, -0.05) is 82.9 Å². The molecule has 0 saturated carbocycles. The third kappa shape index (κ3) is 10.8. The summed E-state index contributed by atoms with van der Waals surface area (Å²) in [5.41, 5.74) is 0. The molecule has 1 rings (SSSR count). The van der Waals surface area contributed by atoms with E-state index < -0.39 is 10.1 Å². The lowest BCUT2D eigenvalue weighted by molar-refractivity contribution is 0.306. The molecule has 0 saturated heterocycles. The van der Waals surface area contributed by atoms with Gasteiger partial charge in [0, 0.05) is 0 Å². The fourth-order valence-corrected chi connectivity index (χ4v) is 3.38. The topological polar surface area (TPSA) is 43.4 Å². The van der Waals surface area contributed by atoms with E-state index >= 15 is 0 Å². The van der Waals surface area contributed by atoms with Crippen molar-refractivity contribution in [1.82, 2.24) is 0 Å². The van der Waals surface area contributed by atoms with Crippen LogP contribution in [0.2, 0.25) is 0 Å². The summed E-state index contributed by atoms with van der Waals surface area (Å²) < 4.78 is 28.8. The Hall–Kier alpha value is -0.520. The van der Waals surface area contributed by atoms with E-state index in [4.69, 9.17) is 4.18 Å². The molecule has 23 heavy (non-hydrogen) atoms. The molecule has 0 unspecified atom stereocenters. The van der Waals surface area contributed by atoms with E-state index in [1.807, 2.05) is 0 Å². The number of hydrogen-bond acceptors (Lipinski definition) is 3. The Morgan fingerprint density at radius 3 is 1.78 bits per heavy atom. The molecule has 0 fully saturated rings. The molecular weight excluding hydrogens is 328 g/mol. The summed E-state index contributed by atoms with van der Waals surface area (Å²) in [6, 6.07) is 8.33. The van der Waals surface area contributed by atoms with Crippen LogP contribution >= 0.6 is 13.5 Å². The Balaban J connectivity index is 0.00000484. The van der Waals surface area contributed by atoms with Crippen LogP contribution in [-0.2, 0) is 14.3 Å². The van der Waals surface area contributed by atoms with Crippen LogP contribution in [0, 0.1) is 0 Å². The van der Waals surface area contributed by atoms with Crippen LogP contribution < -0.4 is 0 Å². The van der Waals surface area contributed by atoms with E-state index in [0.29, 0.717) is 0 Å². The quantitative estimate of drug-likeness (QED) is 0.348. The van der Waals surface area contributed by atoms with Crippen molar-refractivity contribution in [3.63, 3.8) is 0 Å². The van der Waals surface area contributed by atoms with Crippen LogP contribution in [0.25, 0.3) is 0 Å². The van der Waals surface area contributed by atoms with Crippen molar-refractivity contribution in [2.75, 3.05) is 6.61 Å². The summed E-state index contributed by atoms with van der Waals surface area (Å²) in [5, 5.41) is 0. The van der Waals surface area contributed by atoms with Crippen molar-refractivity contribution in [1.29, 1.82) is 0 Å². The van der Waals surface area contributed by atoms with Crippen molar-refractivity contribution in [3.8, 4) is 0 Å². The third-order valence-electron chi connectivity index (χ3n) is 3.77. The molecular formula is C18H32O3S2. The summed E-state index contributed by atoms with van der Waals surface area (Å²) in [6.45, 7) is 2.52. The first-order valence-corrected chi connectivity index (χ1v) is 10.0. The minimum Gasteiger partial charge on any atom is -0.266 e. The molecule has 0 radical (unpaired) electrons. The summed E-state index contributed by atoms with van der Waals surface area (Å²) in [7, 11) is -3.57. The van der Waals surface area contributed by atoms with Gasteiger partial charge < -0.3 is 0 Å². The van der Waals surface area contributed by atoms with Crippen LogP contribution in [0.5, 0.6) is 0 Å². The number of unbranched alkanes of at least 4 members (excludes halogenated alkanes) is 9. The van der Waals surface area contributed by atoms with E-state index in [-0.39, 0.29) is 25.0 Å². The zero-order valence-corrected chi connectivity index (χ0v) is 16.1. The van der Waals surface area contributed by atoms with Crippen LogP contribution in [0.3, 0.4) is 0 Å². The lowest BCUT2D eigenvalue weighted by Crippen LogP contribution is -2.07. The molecule has 0 aromatic heterocycles.